The highest BCUT2D eigenvalue weighted by Crippen LogP contribution is 2.18. The molecule has 2 rings (SSSR count). The summed E-state index contributed by atoms with van der Waals surface area (Å²) in [5.41, 5.74) is 2.74. The van der Waals surface area contributed by atoms with Crippen LogP contribution in [0.2, 0.25) is 0 Å². The summed E-state index contributed by atoms with van der Waals surface area (Å²) in [6, 6.07) is 13.0. The molecule has 0 saturated carbocycles. The molecule has 0 heteroatoms. The van der Waals surface area contributed by atoms with Crippen LogP contribution >= 0.6 is 0 Å². The van der Waals surface area contributed by atoms with Gasteiger partial charge in [-0.2, -0.15) is 0 Å². The molecule has 0 nitrogen and oxygen atoms in total. The standard InChI is InChI=1S/C12H12.2CH4/c1-9-7-11-5-3-4-6-12(11)8-10(9)2;;/h3-8H,1-2H3;2*1H4. The smallest absolute Gasteiger partial charge is 0.0181 e. The molecule has 0 spiro atoms. The Hall–Kier alpha value is -1.30. The van der Waals surface area contributed by atoms with Gasteiger partial charge in [-0.25, -0.2) is 0 Å². The predicted molar refractivity (Wildman–Crippen MR) is 66.9 cm³/mol. The summed E-state index contributed by atoms with van der Waals surface area (Å²) in [7, 11) is 0. The van der Waals surface area contributed by atoms with Gasteiger partial charge in [-0.1, -0.05) is 51.3 Å². The van der Waals surface area contributed by atoms with E-state index in [1.807, 2.05) is 0 Å². The molecular formula is C14H20. The summed E-state index contributed by atoms with van der Waals surface area (Å²) >= 11 is 0. The summed E-state index contributed by atoms with van der Waals surface area (Å²) in [4.78, 5) is 0. The predicted octanol–water partition coefficient (Wildman–Crippen LogP) is 4.73. The Morgan fingerprint density at radius 2 is 1.07 bits per heavy atom. The van der Waals surface area contributed by atoms with E-state index < -0.39 is 0 Å². The molecule has 14 heavy (non-hydrogen) atoms. The molecule has 76 valence electrons. The van der Waals surface area contributed by atoms with E-state index >= 15 is 0 Å². The zero-order valence-corrected chi connectivity index (χ0v) is 7.46. The van der Waals surface area contributed by atoms with Crippen LogP contribution in [0.1, 0.15) is 26.0 Å². The fourth-order valence-electron chi connectivity index (χ4n) is 1.47. The average Bonchev–Trinajstić information content (AvgIpc) is 2.07. The van der Waals surface area contributed by atoms with Gasteiger partial charge in [0, 0.05) is 0 Å². The van der Waals surface area contributed by atoms with E-state index in [-0.39, 0.29) is 14.9 Å². The summed E-state index contributed by atoms with van der Waals surface area (Å²) in [5.74, 6) is 0. The van der Waals surface area contributed by atoms with Gasteiger partial charge in [0.1, 0.15) is 0 Å². The Kier molecular flexibility index (Phi) is 4.36. The fourth-order valence-corrected chi connectivity index (χ4v) is 1.47. The first-order valence-electron chi connectivity index (χ1n) is 4.23. The molecule has 0 aliphatic rings. The number of fused-ring (bicyclic) bond motifs is 1. The largest absolute Gasteiger partial charge is 0.0776 e. The third-order valence-corrected chi connectivity index (χ3v) is 2.36. The monoisotopic (exact) mass is 188 g/mol. The highest BCUT2D eigenvalue weighted by molar-refractivity contribution is 5.83. The van der Waals surface area contributed by atoms with Gasteiger partial charge in [-0.05, 0) is 35.7 Å². The van der Waals surface area contributed by atoms with Crippen LogP contribution in [-0.2, 0) is 0 Å². The number of aryl methyl sites for hydroxylation is 2. The number of hydrogen-bond acceptors (Lipinski definition) is 0. The molecule has 2 aromatic rings. The van der Waals surface area contributed by atoms with Gasteiger partial charge < -0.3 is 0 Å². The molecule has 0 aromatic heterocycles. The van der Waals surface area contributed by atoms with Crippen molar-refractivity contribution < 1.29 is 0 Å². The van der Waals surface area contributed by atoms with E-state index in [1.54, 1.807) is 0 Å². The van der Waals surface area contributed by atoms with Crippen molar-refractivity contribution in [2.24, 2.45) is 0 Å². The Morgan fingerprint density at radius 1 is 0.714 bits per heavy atom. The highest BCUT2D eigenvalue weighted by Gasteiger charge is 1.95. The lowest BCUT2D eigenvalue weighted by atomic mass is 10.0. The van der Waals surface area contributed by atoms with E-state index in [2.05, 4.69) is 50.2 Å². The second kappa shape index (κ2) is 4.80. The normalized spacial score (nSPS) is 9.00. The fraction of sp³-hybridized carbons (Fsp3) is 0.286. The molecule has 0 fully saturated rings. The van der Waals surface area contributed by atoms with E-state index in [4.69, 9.17) is 0 Å². The van der Waals surface area contributed by atoms with Gasteiger partial charge in [0.05, 0.1) is 0 Å². The zero-order chi connectivity index (χ0) is 8.55. The Labute approximate surface area is 87.6 Å². The second-order valence-electron chi connectivity index (χ2n) is 3.28. The second-order valence-corrected chi connectivity index (χ2v) is 3.28. The Balaban J connectivity index is 0.000000845. The lowest BCUT2D eigenvalue weighted by Crippen LogP contribution is -1.80. The molecule has 0 unspecified atom stereocenters. The molecule has 0 bridgehead atoms. The molecule has 0 N–H and O–H groups in total. The maximum atomic E-state index is 2.24. The topological polar surface area (TPSA) is 0 Å². The van der Waals surface area contributed by atoms with Crippen molar-refractivity contribution in [3.05, 3.63) is 47.5 Å². The first-order valence-corrected chi connectivity index (χ1v) is 4.23. The van der Waals surface area contributed by atoms with E-state index in [0.29, 0.717) is 0 Å². The molecule has 0 atom stereocenters. The molecule has 0 saturated heterocycles. The van der Waals surface area contributed by atoms with Crippen LogP contribution < -0.4 is 0 Å². The quantitative estimate of drug-likeness (QED) is 0.560. The maximum Gasteiger partial charge on any atom is -0.0181 e. The van der Waals surface area contributed by atoms with Crippen LogP contribution in [0.4, 0.5) is 0 Å². The summed E-state index contributed by atoms with van der Waals surface area (Å²) in [6.45, 7) is 4.31. The van der Waals surface area contributed by atoms with Gasteiger partial charge >= 0.3 is 0 Å². The van der Waals surface area contributed by atoms with Gasteiger partial charge in [-0.3, -0.25) is 0 Å². The van der Waals surface area contributed by atoms with Gasteiger partial charge in [0.2, 0.25) is 0 Å². The van der Waals surface area contributed by atoms with Crippen LogP contribution in [0.25, 0.3) is 10.8 Å². The van der Waals surface area contributed by atoms with Crippen LogP contribution in [0.3, 0.4) is 0 Å². The van der Waals surface area contributed by atoms with Crippen LogP contribution in [-0.4, -0.2) is 0 Å². The number of hydrogen-bond donors (Lipinski definition) is 0. The lowest BCUT2D eigenvalue weighted by Gasteiger charge is -2.02. The van der Waals surface area contributed by atoms with Crippen LogP contribution in [0, 0.1) is 13.8 Å². The zero-order valence-electron chi connectivity index (χ0n) is 7.46. The van der Waals surface area contributed by atoms with Crippen LogP contribution in [0.5, 0.6) is 0 Å². The molecule has 2 aromatic carbocycles. The van der Waals surface area contributed by atoms with Crippen molar-refractivity contribution in [2.75, 3.05) is 0 Å². The molecular weight excluding hydrogens is 168 g/mol. The van der Waals surface area contributed by atoms with Gasteiger partial charge in [-0.15, -0.1) is 0 Å². The first kappa shape index (κ1) is 12.7. The van der Waals surface area contributed by atoms with Crippen molar-refractivity contribution in [1.82, 2.24) is 0 Å². The SMILES string of the molecule is C.C.Cc1cc2ccccc2cc1C. The number of benzene rings is 2. The van der Waals surface area contributed by atoms with Crippen LogP contribution in [0.15, 0.2) is 36.4 Å². The average molecular weight is 188 g/mol. The third-order valence-electron chi connectivity index (χ3n) is 2.36. The molecule has 0 heterocycles. The minimum atomic E-state index is 0. The summed E-state index contributed by atoms with van der Waals surface area (Å²) in [5, 5.41) is 2.67. The van der Waals surface area contributed by atoms with E-state index in [9.17, 15) is 0 Å². The van der Waals surface area contributed by atoms with Crippen molar-refractivity contribution >= 4 is 10.8 Å². The maximum absolute atomic E-state index is 2.24. The number of rotatable bonds is 0. The van der Waals surface area contributed by atoms with E-state index in [1.165, 1.54) is 21.9 Å². The molecule has 0 radical (unpaired) electrons. The van der Waals surface area contributed by atoms with Gasteiger partial charge in [0.15, 0.2) is 0 Å². The summed E-state index contributed by atoms with van der Waals surface area (Å²) in [6.07, 6.45) is 0. The minimum absolute atomic E-state index is 0. The van der Waals surface area contributed by atoms with Crippen molar-refractivity contribution in [3.63, 3.8) is 0 Å². The Bertz CT molecular complexity index is 373. The molecule has 0 amide bonds. The highest BCUT2D eigenvalue weighted by atomic mass is 14.0. The van der Waals surface area contributed by atoms with Crippen molar-refractivity contribution in [1.29, 1.82) is 0 Å². The van der Waals surface area contributed by atoms with E-state index in [0.717, 1.165) is 0 Å². The summed E-state index contributed by atoms with van der Waals surface area (Å²) < 4.78 is 0. The third kappa shape index (κ3) is 2.14. The van der Waals surface area contributed by atoms with Crippen molar-refractivity contribution in [3.8, 4) is 0 Å². The van der Waals surface area contributed by atoms with Crippen molar-refractivity contribution in [2.45, 2.75) is 28.7 Å². The lowest BCUT2D eigenvalue weighted by molar-refractivity contribution is 1.37. The van der Waals surface area contributed by atoms with Gasteiger partial charge in [0.25, 0.3) is 0 Å². The molecule has 0 aliphatic carbocycles. The minimum Gasteiger partial charge on any atom is -0.0776 e. The molecule has 0 aliphatic heterocycles. The first-order chi connectivity index (χ1) is 5.77. The Morgan fingerprint density at radius 3 is 1.43 bits per heavy atom.